The van der Waals surface area contributed by atoms with E-state index in [0.717, 1.165) is 16.8 Å². The number of anilines is 2. The van der Waals surface area contributed by atoms with Gasteiger partial charge in [-0.05, 0) is 47.9 Å². The molecule has 5 rings (SSSR count). The van der Waals surface area contributed by atoms with Gasteiger partial charge in [0.2, 0.25) is 5.91 Å². The van der Waals surface area contributed by atoms with E-state index in [2.05, 4.69) is 22.3 Å². The molecule has 0 saturated carbocycles. The number of hydrogen-bond acceptors (Lipinski definition) is 3. The summed E-state index contributed by atoms with van der Waals surface area (Å²) < 4.78 is 28.0. The van der Waals surface area contributed by atoms with Gasteiger partial charge in [0.05, 0.1) is 17.6 Å². The first kappa shape index (κ1) is 20.5. The number of nitrogens with one attached hydrogen (secondary N) is 1. The summed E-state index contributed by atoms with van der Waals surface area (Å²) in [6.45, 7) is 2.24. The predicted octanol–water partition coefficient (Wildman–Crippen LogP) is 4.15. The first-order valence-corrected chi connectivity index (χ1v) is 11.0. The summed E-state index contributed by atoms with van der Waals surface area (Å²) in [5, 5.41) is 3.00. The topological polar surface area (TPSA) is 35.6 Å². The maximum Gasteiger partial charge on any atom is 0.225 e. The molecule has 2 aliphatic heterocycles. The van der Waals surface area contributed by atoms with Crippen LogP contribution in [0.25, 0.3) is 0 Å². The van der Waals surface area contributed by atoms with E-state index < -0.39 is 0 Å². The van der Waals surface area contributed by atoms with E-state index in [4.69, 9.17) is 0 Å². The summed E-state index contributed by atoms with van der Waals surface area (Å²) in [4.78, 5) is 17.6. The van der Waals surface area contributed by atoms with Crippen molar-refractivity contribution in [3.05, 3.63) is 95.6 Å². The number of halogens is 2. The van der Waals surface area contributed by atoms with Crippen molar-refractivity contribution in [2.45, 2.75) is 19.0 Å². The number of fused-ring (bicyclic) bond motifs is 3. The van der Waals surface area contributed by atoms with Crippen molar-refractivity contribution in [3.8, 4) is 0 Å². The van der Waals surface area contributed by atoms with Crippen LogP contribution in [-0.2, 0) is 17.8 Å². The van der Waals surface area contributed by atoms with Gasteiger partial charge in [-0.2, -0.15) is 0 Å². The molecule has 1 amide bonds. The van der Waals surface area contributed by atoms with Crippen LogP contribution in [0.4, 0.5) is 20.2 Å². The number of carbonyl (C=O) groups excluding carboxylic acids is 1. The highest BCUT2D eigenvalue weighted by atomic mass is 19.1. The lowest BCUT2D eigenvalue weighted by atomic mass is 9.83. The Labute approximate surface area is 186 Å². The smallest absolute Gasteiger partial charge is 0.225 e. The molecule has 4 nitrogen and oxygen atoms in total. The number of hydrogen-bond donors (Lipinski definition) is 1. The highest BCUT2D eigenvalue weighted by Gasteiger charge is 2.41. The van der Waals surface area contributed by atoms with Crippen LogP contribution >= 0.6 is 0 Å². The zero-order chi connectivity index (χ0) is 22.1. The lowest BCUT2D eigenvalue weighted by molar-refractivity contribution is -0.126. The average Bonchev–Trinajstić information content (AvgIpc) is 2.82. The number of carbonyl (C=O) groups is 1. The van der Waals surface area contributed by atoms with Gasteiger partial charge in [-0.25, -0.2) is 8.78 Å². The molecule has 2 heterocycles. The number of para-hydroxylation sites is 2. The monoisotopic (exact) mass is 433 g/mol. The lowest BCUT2D eigenvalue weighted by Gasteiger charge is -2.49. The molecule has 0 unspecified atom stereocenters. The van der Waals surface area contributed by atoms with Crippen LogP contribution in [-0.4, -0.2) is 31.6 Å². The second-order valence-corrected chi connectivity index (χ2v) is 8.45. The fourth-order valence-corrected chi connectivity index (χ4v) is 4.95. The Morgan fingerprint density at radius 2 is 1.72 bits per heavy atom. The largest absolute Gasteiger partial charge is 0.365 e. The maximum absolute atomic E-state index is 14.5. The van der Waals surface area contributed by atoms with Crippen LogP contribution in [0.2, 0.25) is 0 Å². The number of piperazine rings is 1. The molecule has 164 valence electrons. The van der Waals surface area contributed by atoms with Gasteiger partial charge in [0, 0.05) is 31.9 Å². The normalized spacial score (nSPS) is 19.8. The minimum atomic E-state index is -0.317. The Morgan fingerprint density at radius 1 is 0.938 bits per heavy atom. The molecule has 3 aromatic rings. The van der Waals surface area contributed by atoms with E-state index in [1.165, 1.54) is 18.2 Å². The predicted molar refractivity (Wildman–Crippen MR) is 122 cm³/mol. The SMILES string of the molecule is O=C(NCc1cccc(F)c1)[C@@H]1Cc2ccccc2N2CCN(c3ccccc3F)C[C@H]12. The summed E-state index contributed by atoms with van der Waals surface area (Å²) in [5.41, 5.74) is 3.60. The van der Waals surface area contributed by atoms with Gasteiger partial charge in [-0.1, -0.05) is 42.5 Å². The molecule has 1 N–H and O–H groups in total. The Kier molecular flexibility index (Phi) is 5.52. The fraction of sp³-hybridized carbons (Fsp3) is 0.269. The molecule has 0 radical (unpaired) electrons. The van der Waals surface area contributed by atoms with Crippen LogP contribution < -0.4 is 15.1 Å². The van der Waals surface area contributed by atoms with Gasteiger partial charge in [-0.3, -0.25) is 4.79 Å². The Hall–Kier alpha value is -3.41. The standard InChI is InChI=1S/C26H25F2N3O/c27-20-8-5-6-18(14-20)16-29-26(32)21-15-19-7-1-3-10-23(19)31-13-12-30(17-25(21)31)24-11-4-2-9-22(24)28/h1-11,14,21,25H,12-13,15-17H2,(H,29,32)/t21-,25-/m1/s1. The molecule has 0 bridgehead atoms. The van der Waals surface area contributed by atoms with Crippen molar-refractivity contribution in [2.75, 3.05) is 29.4 Å². The first-order valence-electron chi connectivity index (χ1n) is 11.0. The summed E-state index contributed by atoms with van der Waals surface area (Å²) in [6, 6.07) is 21.2. The Balaban J connectivity index is 1.40. The number of rotatable bonds is 4. The average molecular weight is 434 g/mol. The molecule has 2 aliphatic rings. The molecule has 32 heavy (non-hydrogen) atoms. The van der Waals surface area contributed by atoms with Gasteiger partial charge >= 0.3 is 0 Å². The maximum atomic E-state index is 14.5. The van der Waals surface area contributed by atoms with Crippen molar-refractivity contribution < 1.29 is 13.6 Å². The second kappa shape index (κ2) is 8.61. The van der Waals surface area contributed by atoms with Crippen LogP contribution in [0.15, 0.2) is 72.8 Å². The van der Waals surface area contributed by atoms with Crippen molar-refractivity contribution in [1.29, 1.82) is 0 Å². The van der Waals surface area contributed by atoms with Gasteiger partial charge in [0.1, 0.15) is 11.6 Å². The van der Waals surface area contributed by atoms with Gasteiger partial charge < -0.3 is 15.1 Å². The molecule has 1 saturated heterocycles. The molecule has 0 spiro atoms. The molecule has 2 atom stereocenters. The number of nitrogens with zero attached hydrogens (tertiary/aromatic N) is 2. The van der Waals surface area contributed by atoms with Crippen LogP contribution in [0.1, 0.15) is 11.1 Å². The molecule has 1 fully saturated rings. The third kappa shape index (κ3) is 3.93. The van der Waals surface area contributed by atoms with E-state index >= 15 is 0 Å². The van der Waals surface area contributed by atoms with Crippen LogP contribution in [0, 0.1) is 17.6 Å². The molecule has 0 aliphatic carbocycles. The van der Waals surface area contributed by atoms with Crippen molar-refractivity contribution >= 4 is 17.3 Å². The summed E-state index contributed by atoms with van der Waals surface area (Å²) >= 11 is 0. The van der Waals surface area contributed by atoms with Crippen LogP contribution in [0.5, 0.6) is 0 Å². The zero-order valence-corrected chi connectivity index (χ0v) is 17.7. The minimum absolute atomic E-state index is 0.0610. The zero-order valence-electron chi connectivity index (χ0n) is 17.7. The molecular weight excluding hydrogens is 408 g/mol. The van der Waals surface area contributed by atoms with E-state index in [-0.39, 0.29) is 36.0 Å². The van der Waals surface area contributed by atoms with Gasteiger partial charge in [0.15, 0.2) is 0 Å². The molecule has 0 aromatic heterocycles. The summed E-state index contributed by atoms with van der Waals surface area (Å²) in [7, 11) is 0. The Morgan fingerprint density at radius 3 is 2.53 bits per heavy atom. The summed E-state index contributed by atoms with van der Waals surface area (Å²) in [6.07, 6.45) is 0.622. The minimum Gasteiger partial charge on any atom is -0.365 e. The quantitative estimate of drug-likeness (QED) is 0.672. The molecule has 3 aromatic carbocycles. The fourth-order valence-electron chi connectivity index (χ4n) is 4.95. The number of amides is 1. The van der Waals surface area contributed by atoms with E-state index in [9.17, 15) is 13.6 Å². The van der Waals surface area contributed by atoms with Gasteiger partial charge in [0.25, 0.3) is 0 Å². The van der Waals surface area contributed by atoms with Crippen molar-refractivity contribution in [3.63, 3.8) is 0 Å². The van der Waals surface area contributed by atoms with E-state index in [1.807, 2.05) is 23.1 Å². The molecular formula is C26H25F2N3O. The van der Waals surface area contributed by atoms with Crippen LogP contribution in [0.3, 0.4) is 0 Å². The van der Waals surface area contributed by atoms with E-state index in [1.54, 1.807) is 24.3 Å². The van der Waals surface area contributed by atoms with Gasteiger partial charge in [-0.15, -0.1) is 0 Å². The molecule has 6 heteroatoms. The van der Waals surface area contributed by atoms with Crippen molar-refractivity contribution in [2.24, 2.45) is 5.92 Å². The highest BCUT2D eigenvalue weighted by Crippen LogP contribution is 2.37. The third-order valence-corrected chi connectivity index (χ3v) is 6.51. The summed E-state index contributed by atoms with van der Waals surface area (Å²) in [5.74, 6) is -0.909. The van der Waals surface area contributed by atoms with Crippen molar-refractivity contribution in [1.82, 2.24) is 5.32 Å². The van der Waals surface area contributed by atoms with E-state index in [0.29, 0.717) is 31.7 Å². The lowest BCUT2D eigenvalue weighted by Crippen LogP contribution is -2.61. The first-order chi connectivity index (χ1) is 15.6. The highest BCUT2D eigenvalue weighted by molar-refractivity contribution is 5.82. The number of benzene rings is 3. The second-order valence-electron chi connectivity index (χ2n) is 8.45. The third-order valence-electron chi connectivity index (χ3n) is 6.51. The Bertz CT molecular complexity index is 1140.